The van der Waals surface area contributed by atoms with E-state index in [1.54, 1.807) is 0 Å². The lowest BCUT2D eigenvalue weighted by atomic mass is 10.1. The maximum atomic E-state index is 13.2. The van der Waals surface area contributed by atoms with Crippen molar-refractivity contribution in [3.63, 3.8) is 0 Å². The number of thioether (sulfide) groups is 1. The number of hydrogen-bond acceptors (Lipinski definition) is 4. The Morgan fingerprint density at radius 3 is 2.44 bits per heavy atom. The second-order valence-electron chi connectivity index (χ2n) is 7.59. The van der Waals surface area contributed by atoms with Gasteiger partial charge in [0.05, 0.1) is 5.75 Å². The van der Waals surface area contributed by atoms with Crippen molar-refractivity contribution < 1.29 is 8.78 Å². The Kier molecular flexibility index (Phi) is 6.99. The Bertz CT molecular complexity index is 1150. The van der Waals surface area contributed by atoms with Gasteiger partial charge in [-0.2, -0.15) is 8.78 Å². The van der Waals surface area contributed by atoms with E-state index in [-0.39, 0.29) is 5.75 Å². The van der Waals surface area contributed by atoms with Gasteiger partial charge in [0.2, 0.25) is 0 Å². The highest BCUT2D eigenvalue weighted by Gasteiger charge is 2.18. The zero-order valence-corrected chi connectivity index (χ0v) is 18.9. The predicted molar refractivity (Wildman–Crippen MR) is 123 cm³/mol. The van der Waals surface area contributed by atoms with E-state index >= 15 is 0 Å². The summed E-state index contributed by atoms with van der Waals surface area (Å²) in [6, 6.07) is 16.5. The van der Waals surface area contributed by atoms with Crippen LogP contribution in [0.4, 0.5) is 8.78 Å². The maximum Gasteiger partial charge on any atom is 0.319 e. The normalized spacial score (nSPS) is 11.4. The van der Waals surface area contributed by atoms with Crippen molar-refractivity contribution in [3.05, 3.63) is 77.9 Å². The van der Waals surface area contributed by atoms with Gasteiger partial charge in [-0.3, -0.25) is 9.13 Å². The fourth-order valence-corrected chi connectivity index (χ4v) is 4.34. The van der Waals surface area contributed by atoms with Crippen LogP contribution in [0.25, 0.3) is 17.1 Å². The maximum absolute atomic E-state index is 13.2. The fraction of sp³-hybridized carbons (Fsp3) is 0.292. The van der Waals surface area contributed by atoms with E-state index in [1.807, 2.05) is 35.8 Å². The molecule has 0 amide bonds. The van der Waals surface area contributed by atoms with Gasteiger partial charge in [0.25, 0.3) is 0 Å². The number of halogens is 2. The third-order valence-electron chi connectivity index (χ3n) is 5.25. The van der Waals surface area contributed by atoms with E-state index in [2.05, 4.69) is 46.4 Å². The Morgan fingerprint density at radius 1 is 1.00 bits per heavy atom. The van der Waals surface area contributed by atoms with Gasteiger partial charge in [0.15, 0.2) is 11.0 Å². The van der Waals surface area contributed by atoms with Crippen LogP contribution in [0.2, 0.25) is 0 Å². The number of aromatic nitrogens is 5. The van der Waals surface area contributed by atoms with Crippen molar-refractivity contribution >= 4 is 11.8 Å². The molecule has 4 aromatic rings. The number of rotatable bonds is 9. The molecular formula is C24H25F2N5S. The Labute approximate surface area is 190 Å². The van der Waals surface area contributed by atoms with Crippen molar-refractivity contribution in [3.8, 4) is 17.1 Å². The van der Waals surface area contributed by atoms with Crippen LogP contribution in [0.1, 0.15) is 43.3 Å². The van der Waals surface area contributed by atoms with E-state index in [9.17, 15) is 8.78 Å². The molecule has 0 bridgehead atoms. The molecule has 166 valence electrons. The number of unbranched alkanes of at least 4 members (excludes halogenated alkanes) is 1. The number of benzene rings is 2. The van der Waals surface area contributed by atoms with Crippen LogP contribution in [0.3, 0.4) is 0 Å². The molecule has 8 heteroatoms. The quantitative estimate of drug-likeness (QED) is 0.273. The molecule has 0 fully saturated rings. The number of alkyl halides is 2. The summed E-state index contributed by atoms with van der Waals surface area (Å²) in [4.78, 5) is 4.07. The number of hydrogen-bond donors (Lipinski definition) is 0. The first-order valence-electron chi connectivity index (χ1n) is 10.6. The molecule has 0 saturated carbocycles. The van der Waals surface area contributed by atoms with Gasteiger partial charge in [0, 0.05) is 23.6 Å². The lowest BCUT2D eigenvalue weighted by Crippen LogP contribution is -2.04. The first-order chi connectivity index (χ1) is 15.6. The average Bonchev–Trinajstić information content (AvgIpc) is 3.44. The number of nitrogens with zero attached hydrogens (tertiary/aromatic N) is 5. The molecule has 0 radical (unpaired) electrons. The molecule has 5 nitrogen and oxygen atoms in total. The monoisotopic (exact) mass is 453 g/mol. The molecule has 0 aliphatic rings. The third-order valence-corrected chi connectivity index (χ3v) is 6.17. The molecule has 0 N–H and O–H groups in total. The lowest BCUT2D eigenvalue weighted by Gasteiger charge is -2.12. The predicted octanol–water partition coefficient (Wildman–Crippen LogP) is 6.47. The molecule has 2 aromatic heterocycles. The summed E-state index contributed by atoms with van der Waals surface area (Å²) in [7, 11) is 0. The zero-order valence-electron chi connectivity index (χ0n) is 18.1. The molecule has 4 rings (SSSR count). The smallest absolute Gasteiger partial charge is 0.277 e. The SMILES string of the molecule is CCCCc1ccc(-n2c(SCc3nccn3C(F)F)nnc2-c2ccc(C)cc2)cc1. The van der Waals surface area contributed by atoms with Crippen LogP contribution in [0, 0.1) is 6.92 Å². The minimum atomic E-state index is -2.62. The standard InChI is InChI=1S/C24H25F2N5S/c1-3-4-5-18-8-12-20(13-9-18)31-22(19-10-6-17(2)7-11-19)28-29-24(31)32-16-21-27-14-15-30(21)23(25)26/h6-15,23H,3-5,16H2,1-2H3. The van der Waals surface area contributed by atoms with Crippen LogP contribution < -0.4 is 0 Å². The van der Waals surface area contributed by atoms with E-state index in [1.165, 1.54) is 29.7 Å². The molecule has 0 saturated heterocycles. The van der Waals surface area contributed by atoms with Gasteiger partial charge < -0.3 is 0 Å². The van der Waals surface area contributed by atoms with Gasteiger partial charge in [-0.05, 0) is 37.5 Å². The Balaban J connectivity index is 1.68. The molecule has 0 unspecified atom stereocenters. The molecular weight excluding hydrogens is 428 g/mol. The molecule has 2 aromatic carbocycles. The van der Waals surface area contributed by atoms with E-state index < -0.39 is 6.55 Å². The first kappa shape index (κ1) is 22.2. The van der Waals surface area contributed by atoms with Crippen molar-refractivity contribution in [1.29, 1.82) is 0 Å². The summed E-state index contributed by atoms with van der Waals surface area (Å²) in [5.74, 6) is 1.27. The Morgan fingerprint density at radius 2 is 1.75 bits per heavy atom. The van der Waals surface area contributed by atoms with E-state index in [4.69, 9.17) is 0 Å². The van der Waals surface area contributed by atoms with Gasteiger partial charge >= 0.3 is 6.55 Å². The summed E-state index contributed by atoms with van der Waals surface area (Å²) >= 11 is 1.34. The second-order valence-corrected chi connectivity index (χ2v) is 8.54. The summed E-state index contributed by atoms with van der Waals surface area (Å²) in [5.41, 5.74) is 4.33. The van der Waals surface area contributed by atoms with Crippen molar-refractivity contribution in [2.24, 2.45) is 0 Å². The number of aryl methyl sites for hydroxylation is 2. The summed E-state index contributed by atoms with van der Waals surface area (Å²) in [6.45, 7) is 1.60. The van der Waals surface area contributed by atoms with Gasteiger partial charge in [-0.15, -0.1) is 10.2 Å². The summed E-state index contributed by atoms with van der Waals surface area (Å²) < 4.78 is 29.2. The lowest BCUT2D eigenvalue weighted by molar-refractivity contribution is 0.0678. The summed E-state index contributed by atoms with van der Waals surface area (Å²) in [5, 5.41) is 9.46. The van der Waals surface area contributed by atoms with E-state index in [0.717, 1.165) is 40.6 Å². The second kappa shape index (κ2) is 10.1. The molecule has 0 atom stereocenters. The molecule has 32 heavy (non-hydrogen) atoms. The van der Waals surface area contributed by atoms with Crippen molar-refractivity contribution in [1.82, 2.24) is 24.3 Å². The van der Waals surface area contributed by atoms with Crippen LogP contribution >= 0.6 is 11.8 Å². The molecule has 0 spiro atoms. The highest BCUT2D eigenvalue weighted by atomic mass is 32.2. The minimum Gasteiger partial charge on any atom is -0.277 e. The van der Waals surface area contributed by atoms with Crippen LogP contribution in [0.15, 0.2) is 66.1 Å². The fourth-order valence-electron chi connectivity index (χ4n) is 3.44. The first-order valence-corrected chi connectivity index (χ1v) is 11.6. The van der Waals surface area contributed by atoms with Crippen LogP contribution in [-0.4, -0.2) is 24.3 Å². The largest absolute Gasteiger partial charge is 0.319 e. The van der Waals surface area contributed by atoms with Gasteiger partial charge in [-0.25, -0.2) is 4.98 Å². The number of imidazole rings is 1. The highest BCUT2D eigenvalue weighted by Crippen LogP contribution is 2.30. The summed E-state index contributed by atoms with van der Waals surface area (Å²) in [6.07, 6.45) is 6.03. The average molecular weight is 454 g/mol. The Hall–Kier alpha value is -3.00. The van der Waals surface area contributed by atoms with Gasteiger partial charge in [-0.1, -0.05) is 67.1 Å². The van der Waals surface area contributed by atoms with Crippen molar-refractivity contribution in [2.45, 2.75) is 50.6 Å². The van der Waals surface area contributed by atoms with Crippen LogP contribution in [0.5, 0.6) is 0 Å². The van der Waals surface area contributed by atoms with E-state index in [0.29, 0.717) is 16.8 Å². The highest BCUT2D eigenvalue weighted by molar-refractivity contribution is 7.98. The third kappa shape index (κ3) is 4.91. The molecule has 0 aliphatic carbocycles. The van der Waals surface area contributed by atoms with Crippen LogP contribution in [-0.2, 0) is 12.2 Å². The van der Waals surface area contributed by atoms with Gasteiger partial charge in [0.1, 0.15) is 5.82 Å². The topological polar surface area (TPSA) is 48.5 Å². The van der Waals surface area contributed by atoms with Crippen molar-refractivity contribution in [2.75, 3.05) is 0 Å². The zero-order chi connectivity index (χ0) is 22.5. The molecule has 0 aliphatic heterocycles. The molecule has 2 heterocycles. The minimum absolute atomic E-state index is 0.262.